The molecule has 0 saturated carbocycles. The molecule has 0 aliphatic rings. The predicted molar refractivity (Wildman–Crippen MR) is 69.4 cm³/mol. The first-order valence-electron chi connectivity index (χ1n) is 6.29. The number of carbonyl (C=O) groups excluding carboxylic acids is 1. The van der Waals surface area contributed by atoms with Crippen molar-refractivity contribution in [2.75, 3.05) is 6.54 Å². The van der Waals surface area contributed by atoms with Gasteiger partial charge in [0.25, 0.3) is 5.91 Å². The average Bonchev–Trinajstić information content (AvgIpc) is 2.31. The zero-order valence-electron chi connectivity index (χ0n) is 11.1. The van der Waals surface area contributed by atoms with Crippen LogP contribution < -0.4 is 10.1 Å². The molecule has 0 aromatic heterocycles. The summed E-state index contributed by atoms with van der Waals surface area (Å²) in [7, 11) is 0. The summed E-state index contributed by atoms with van der Waals surface area (Å²) >= 11 is 0. The van der Waals surface area contributed by atoms with Crippen molar-refractivity contribution >= 4 is 5.91 Å². The maximum absolute atomic E-state index is 13.7. The average molecular weight is 253 g/mol. The molecule has 3 nitrogen and oxygen atoms in total. The van der Waals surface area contributed by atoms with Gasteiger partial charge in [-0.1, -0.05) is 13.3 Å². The fraction of sp³-hybridized carbons (Fsp3) is 0.500. The van der Waals surface area contributed by atoms with Crippen molar-refractivity contribution in [3.63, 3.8) is 0 Å². The molecule has 100 valence electrons. The number of hydrogen-bond donors (Lipinski definition) is 1. The summed E-state index contributed by atoms with van der Waals surface area (Å²) in [5.74, 6) is -0.583. The molecule has 4 heteroatoms. The zero-order chi connectivity index (χ0) is 13.5. The van der Waals surface area contributed by atoms with E-state index in [4.69, 9.17) is 4.74 Å². The van der Waals surface area contributed by atoms with Crippen molar-refractivity contribution in [2.24, 2.45) is 0 Å². The molecule has 0 aliphatic heterocycles. The quantitative estimate of drug-likeness (QED) is 0.791. The molecule has 0 spiro atoms. The van der Waals surface area contributed by atoms with Crippen molar-refractivity contribution in [1.29, 1.82) is 0 Å². The summed E-state index contributed by atoms with van der Waals surface area (Å²) < 4.78 is 18.9. The molecular formula is C14H20FNO2. The summed E-state index contributed by atoms with van der Waals surface area (Å²) in [6.45, 7) is 6.31. The summed E-state index contributed by atoms with van der Waals surface area (Å²) in [5, 5.41) is 2.74. The van der Waals surface area contributed by atoms with Gasteiger partial charge < -0.3 is 10.1 Å². The van der Waals surface area contributed by atoms with E-state index in [-0.39, 0.29) is 17.8 Å². The first-order valence-corrected chi connectivity index (χ1v) is 6.29. The van der Waals surface area contributed by atoms with E-state index in [9.17, 15) is 9.18 Å². The van der Waals surface area contributed by atoms with Gasteiger partial charge in [0, 0.05) is 12.1 Å². The minimum atomic E-state index is -0.508. The molecule has 0 saturated heterocycles. The molecule has 0 fully saturated rings. The highest BCUT2D eigenvalue weighted by Gasteiger charge is 2.10. The topological polar surface area (TPSA) is 38.3 Å². The van der Waals surface area contributed by atoms with E-state index in [1.165, 1.54) is 12.1 Å². The Morgan fingerprint density at radius 3 is 2.72 bits per heavy atom. The van der Waals surface area contributed by atoms with Gasteiger partial charge in [0.05, 0.1) is 6.10 Å². The second-order valence-electron chi connectivity index (χ2n) is 4.42. The lowest BCUT2D eigenvalue weighted by Crippen LogP contribution is -2.24. The normalized spacial score (nSPS) is 10.5. The third-order valence-corrected chi connectivity index (χ3v) is 2.37. The third kappa shape index (κ3) is 4.35. The highest BCUT2D eigenvalue weighted by atomic mass is 19.1. The lowest BCUT2D eigenvalue weighted by atomic mass is 10.2. The summed E-state index contributed by atoms with van der Waals surface area (Å²) in [4.78, 5) is 11.7. The summed E-state index contributed by atoms with van der Waals surface area (Å²) in [5.41, 5.74) is 0.319. The zero-order valence-corrected chi connectivity index (χ0v) is 11.1. The van der Waals surface area contributed by atoms with Gasteiger partial charge in [-0.25, -0.2) is 4.39 Å². The summed E-state index contributed by atoms with van der Waals surface area (Å²) in [6.07, 6.45) is 1.84. The molecule has 1 rings (SSSR count). The Labute approximate surface area is 107 Å². The van der Waals surface area contributed by atoms with E-state index in [1.807, 2.05) is 20.8 Å². The van der Waals surface area contributed by atoms with Crippen LogP contribution in [0.4, 0.5) is 4.39 Å². The smallest absolute Gasteiger partial charge is 0.251 e. The van der Waals surface area contributed by atoms with Crippen LogP contribution in [0.2, 0.25) is 0 Å². The van der Waals surface area contributed by atoms with Crippen LogP contribution in [0, 0.1) is 5.82 Å². The number of ether oxygens (including phenoxy) is 1. The van der Waals surface area contributed by atoms with E-state index < -0.39 is 5.82 Å². The number of amides is 1. The number of hydrogen-bond acceptors (Lipinski definition) is 2. The highest BCUT2D eigenvalue weighted by molar-refractivity contribution is 5.94. The minimum Gasteiger partial charge on any atom is -0.488 e. The number of carbonyl (C=O) groups is 1. The first kappa shape index (κ1) is 14.5. The molecule has 0 radical (unpaired) electrons. The minimum absolute atomic E-state index is 0.0938. The van der Waals surface area contributed by atoms with Gasteiger partial charge in [0.1, 0.15) is 0 Å². The Bertz CT molecular complexity index is 405. The Kier molecular flexibility index (Phi) is 5.62. The fourth-order valence-electron chi connectivity index (χ4n) is 1.47. The van der Waals surface area contributed by atoms with Crippen LogP contribution in [0.15, 0.2) is 18.2 Å². The van der Waals surface area contributed by atoms with Gasteiger partial charge in [-0.3, -0.25) is 4.79 Å². The molecule has 1 aromatic rings. The monoisotopic (exact) mass is 253 g/mol. The van der Waals surface area contributed by atoms with E-state index in [0.717, 1.165) is 12.8 Å². The number of rotatable bonds is 6. The van der Waals surface area contributed by atoms with Gasteiger partial charge in [0.2, 0.25) is 0 Å². The standard InChI is InChI=1S/C14H20FNO2/c1-4-5-8-16-14(17)11-6-7-13(12(15)9-11)18-10(2)3/h6-7,9-10H,4-5,8H2,1-3H3,(H,16,17). The molecule has 1 N–H and O–H groups in total. The molecule has 0 bridgehead atoms. The number of nitrogens with one attached hydrogen (secondary N) is 1. The summed E-state index contributed by atoms with van der Waals surface area (Å²) in [6, 6.07) is 4.27. The molecule has 0 unspecified atom stereocenters. The highest BCUT2D eigenvalue weighted by Crippen LogP contribution is 2.19. The Balaban J connectivity index is 2.68. The Morgan fingerprint density at radius 2 is 2.17 bits per heavy atom. The van der Waals surface area contributed by atoms with Crippen LogP contribution in [0.3, 0.4) is 0 Å². The molecular weight excluding hydrogens is 233 g/mol. The van der Waals surface area contributed by atoms with Crippen LogP contribution in [0.25, 0.3) is 0 Å². The molecule has 18 heavy (non-hydrogen) atoms. The van der Waals surface area contributed by atoms with Crippen LogP contribution in [0.5, 0.6) is 5.75 Å². The second-order valence-corrected chi connectivity index (χ2v) is 4.42. The van der Waals surface area contributed by atoms with Gasteiger partial charge in [0.15, 0.2) is 11.6 Å². The lowest BCUT2D eigenvalue weighted by Gasteiger charge is -2.11. The van der Waals surface area contributed by atoms with Crippen LogP contribution in [-0.2, 0) is 0 Å². The fourth-order valence-corrected chi connectivity index (χ4v) is 1.47. The van der Waals surface area contributed by atoms with Gasteiger partial charge in [-0.05, 0) is 38.5 Å². The van der Waals surface area contributed by atoms with Crippen molar-refractivity contribution in [1.82, 2.24) is 5.32 Å². The van der Waals surface area contributed by atoms with Crippen LogP contribution in [0.1, 0.15) is 44.0 Å². The number of unbranched alkanes of at least 4 members (excludes halogenated alkanes) is 1. The SMILES string of the molecule is CCCCNC(=O)c1ccc(OC(C)C)c(F)c1. The third-order valence-electron chi connectivity index (χ3n) is 2.37. The van der Waals surface area contributed by atoms with Crippen molar-refractivity contribution < 1.29 is 13.9 Å². The van der Waals surface area contributed by atoms with E-state index in [2.05, 4.69) is 5.32 Å². The van der Waals surface area contributed by atoms with Gasteiger partial charge >= 0.3 is 0 Å². The largest absolute Gasteiger partial charge is 0.488 e. The maximum Gasteiger partial charge on any atom is 0.251 e. The molecule has 0 heterocycles. The van der Waals surface area contributed by atoms with Crippen LogP contribution >= 0.6 is 0 Å². The maximum atomic E-state index is 13.7. The predicted octanol–water partition coefficient (Wildman–Crippen LogP) is 3.14. The number of benzene rings is 1. The van der Waals surface area contributed by atoms with Crippen molar-refractivity contribution in [3.05, 3.63) is 29.6 Å². The Hall–Kier alpha value is -1.58. The van der Waals surface area contributed by atoms with E-state index in [0.29, 0.717) is 12.1 Å². The lowest BCUT2D eigenvalue weighted by molar-refractivity contribution is 0.0952. The van der Waals surface area contributed by atoms with E-state index in [1.54, 1.807) is 6.07 Å². The molecule has 0 aliphatic carbocycles. The van der Waals surface area contributed by atoms with Crippen LogP contribution in [-0.4, -0.2) is 18.6 Å². The van der Waals surface area contributed by atoms with Crippen molar-refractivity contribution in [3.8, 4) is 5.75 Å². The Morgan fingerprint density at radius 1 is 1.44 bits per heavy atom. The molecule has 0 atom stereocenters. The van der Waals surface area contributed by atoms with Gasteiger partial charge in [-0.2, -0.15) is 0 Å². The van der Waals surface area contributed by atoms with E-state index >= 15 is 0 Å². The first-order chi connectivity index (χ1) is 8.54. The molecule has 1 aromatic carbocycles. The van der Waals surface area contributed by atoms with Gasteiger partial charge in [-0.15, -0.1) is 0 Å². The second kappa shape index (κ2) is 6.99. The molecule has 1 amide bonds. The number of halogens is 1. The van der Waals surface area contributed by atoms with Crippen molar-refractivity contribution in [2.45, 2.75) is 39.7 Å².